The molecule has 0 aliphatic carbocycles. The maximum atomic E-state index is 10.0. The number of hydrogen-bond donors (Lipinski definition) is 0. The van der Waals surface area contributed by atoms with Crippen LogP contribution >= 0.6 is 0 Å². The summed E-state index contributed by atoms with van der Waals surface area (Å²) in [6, 6.07) is 77.1. The standard InChI is InChI=1S/C72H42/c1-3-15-45-39-67-49(37-43(45)13-1)29-31-61-55(67)23-11-27-63(61)71-51-19-7-5-17-47(51)41-69-57-25-9-21-53(59(57)33-35-65(69)71)54-22-10-26-58-60(54)34-36-66-70(58)42-48-18-6-8-20-52(48)72(66)64-28-12-24-56-62(64)32-30-50-38-44-14-2-4-16-46(44)40-68(50)56/h1-42H/i37D,38D,39D,40D,41D,42D. The second kappa shape index (κ2) is 15.1. The summed E-state index contributed by atoms with van der Waals surface area (Å²) in [5, 5.41) is 21.3. The zero-order valence-electron chi connectivity index (χ0n) is 44.8. The average Bonchev–Trinajstić information content (AvgIpc) is 3.67. The normalized spacial score (nSPS) is 13.3. The van der Waals surface area contributed by atoms with Crippen molar-refractivity contribution >= 4 is 129 Å². The maximum Gasteiger partial charge on any atom is 0.0636 e. The first-order chi connectivity index (χ1) is 38.3. The van der Waals surface area contributed by atoms with E-state index in [4.69, 9.17) is 0 Å². The third-order valence-electron chi connectivity index (χ3n) is 15.4. The first-order valence-electron chi connectivity index (χ1n) is 27.7. The SMILES string of the molecule is [2H]c1c2ccccc2c([2H])c2c1ccc1c(-c3c4ccccc4c([2H])c4c3ccc3c(-c5cccc6c5ccc5c(-c7cccc8c7ccc7c([2H])c9ccccc9c([2H])c78)c7ccccc7c([2H])c56)cccc34)cccc12. The Morgan fingerprint density at radius 1 is 0.153 bits per heavy atom. The fourth-order valence-corrected chi connectivity index (χ4v) is 12.2. The Bertz CT molecular complexity index is 5070. The number of rotatable bonds is 3. The molecule has 16 rings (SSSR count). The monoisotopic (exact) mass is 912 g/mol. The van der Waals surface area contributed by atoms with E-state index in [-0.39, 0.29) is 0 Å². The lowest BCUT2D eigenvalue weighted by atomic mass is 9.84. The van der Waals surface area contributed by atoms with Gasteiger partial charge in [0, 0.05) is 0 Å². The number of fused-ring (bicyclic) bond motifs is 16. The zero-order valence-corrected chi connectivity index (χ0v) is 38.8. The van der Waals surface area contributed by atoms with E-state index < -0.39 is 0 Å². The van der Waals surface area contributed by atoms with Crippen molar-refractivity contribution in [3.05, 3.63) is 255 Å². The first kappa shape index (κ1) is 34.0. The van der Waals surface area contributed by atoms with Gasteiger partial charge in [-0.25, -0.2) is 0 Å². The molecule has 0 heterocycles. The van der Waals surface area contributed by atoms with Crippen molar-refractivity contribution in [3.63, 3.8) is 0 Å². The highest BCUT2D eigenvalue weighted by molar-refractivity contribution is 6.28. The van der Waals surface area contributed by atoms with Gasteiger partial charge in [0.2, 0.25) is 0 Å². The summed E-state index contributed by atoms with van der Waals surface area (Å²) < 4.78 is 57.4. The number of benzene rings is 16. The number of hydrogen-bond acceptors (Lipinski definition) is 0. The van der Waals surface area contributed by atoms with Gasteiger partial charge in [-0.3, -0.25) is 0 Å². The molecule has 0 spiro atoms. The molecule has 16 aromatic carbocycles. The molecule has 0 bridgehead atoms. The molecule has 0 aromatic heterocycles. The Balaban J connectivity index is 0.930. The van der Waals surface area contributed by atoms with E-state index in [0.717, 1.165) is 163 Å². The fraction of sp³-hybridized carbons (Fsp3) is 0. The summed E-state index contributed by atoms with van der Waals surface area (Å²) in [5.74, 6) is 0. The third-order valence-corrected chi connectivity index (χ3v) is 15.4. The molecular weight excluding hydrogens is 865 g/mol. The summed E-state index contributed by atoms with van der Waals surface area (Å²) in [6.45, 7) is 0. The molecule has 16 aromatic rings. The highest BCUT2D eigenvalue weighted by Crippen LogP contribution is 2.48. The minimum atomic E-state index is 0.421. The topological polar surface area (TPSA) is 0 Å². The molecule has 330 valence electrons. The van der Waals surface area contributed by atoms with Crippen LogP contribution in [0.15, 0.2) is 255 Å². The molecule has 0 atom stereocenters. The Labute approximate surface area is 423 Å². The second-order valence-corrected chi connectivity index (χ2v) is 19.2. The van der Waals surface area contributed by atoms with E-state index >= 15 is 0 Å². The third kappa shape index (κ3) is 5.69. The first-order valence-corrected chi connectivity index (χ1v) is 24.7. The fourth-order valence-electron chi connectivity index (χ4n) is 12.2. The summed E-state index contributed by atoms with van der Waals surface area (Å²) in [6.07, 6.45) is 0. The van der Waals surface area contributed by atoms with E-state index in [1.54, 1.807) is 0 Å². The van der Waals surface area contributed by atoms with Gasteiger partial charge >= 0.3 is 0 Å². The molecule has 0 amide bonds. The predicted molar refractivity (Wildman–Crippen MR) is 313 cm³/mol. The summed E-state index contributed by atoms with van der Waals surface area (Å²) >= 11 is 0. The molecular formula is C72H42. The molecule has 0 unspecified atom stereocenters. The molecule has 0 saturated carbocycles. The van der Waals surface area contributed by atoms with Gasteiger partial charge in [-0.05, 0) is 199 Å². The van der Waals surface area contributed by atoms with E-state index in [1.807, 2.05) is 84.9 Å². The van der Waals surface area contributed by atoms with E-state index in [9.17, 15) is 8.22 Å². The lowest BCUT2D eigenvalue weighted by Gasteiger charge is -2.19. The lowest BCUT2D eigenvalue weighted by molar-refractivity contribution is 1.70. The Morgan fingerprint density at radius 2 is 0.431 bits per heavy atom. The van der Waals surface area contributed by atoms with Gasteiger partial charge in [-0.1, -0.05) is 218 Å². The van der Waals surface area contributed by atoms with Gasteiger partial charge in [0.25, 0.3) is 0 Å². The maximum absolute atomic E-state index is 10.0. The van der Waals surface area contributed by atoms with Gasteiger partial charge in [0.1, 0.15) is 0 Å². The van der Waals surface area contributed by atoms with Crippen molar-refractivity contribution in [1.29, 1.82) is 0 Å². The van der Waals surface area contributed by atoms with Crippen LogP contribution < -0.4 is 0 Å². The Hall–Kier alpha value is -9.36. The molecule has 0 aliphatic heterocycles. The highest BCUT2D eigenvalue weighted by Gasteiger charge is 2.20. The molecule has 0 saturated heterocycles. The van der Waals surface area contributed by atoms with Crippen LogP contribution in [0.1, 0.15) is 8.22 Å². The average molecular weight is 913 g/mol. The van der Waals surface area contributed by atoms with Gasteiger partial charge < -0.3 is 0 Å². The van der Waals surface area contributed by atoms with Crippen LogP contribution in [0.3, 0.4) is 0 Å². The van der Waals surface area contributed by atoms with Gasteiger partial charge in [0.05, 0.1) is 8.22 Å². The largest absolute Gasteiger partial charge is 0.0636 e. The summed E-state index contributed by atoms with van der Waals surface area (Å²) in [5.41, 5.74) is 6.16. The van der Waals surface area contributed by atoms with Crippen molar-refractivity contribution in [1.82, 2.24) is 0 Å². The molecule has 0 aliphatic rings. The van der Waals surface area contributed by atoms with Crippen molar-refractivity contribution in [2.75, 3.05) is 0 Å². The van der Waals surface area contributed by atoms with Gasteiger partial charge in [0.15, 0.2) is 0 Å². The lowest BCUT2D eigenvalue weighted by Crippen LogP contribution is -1.91. The van der Waals surface area contributed by atoms with Crippen LogP contribution in [0.25, 0.3) is 163 Å². The van der Waals surface area contributed by atoms with Crippen molar-refractivity contribution in [2.45, 2.75) is 0 Å². The minimum absolute atomic E-state index is 0.421. The molecule has 0 nitrogen and oxygen atoms in total. The molecule has 72 heavy (non-hydrogen) atoms. The predicted octanol–water partition coefficient (Wildman–Crippen LogP) is 20.5. The van der Waals surface area contributed by atoms with Crippen molar-refractivity contribution < 1.29 is 8.22 Å². The second-order valence-electron chi connectivity index (χ2n) is 19.2. The molecule has 0 radical (unpaired) electrons. The highest BCUT2D eigenvalue weighted by atomic mass is 14.2. The Morgan fingerprint density at radius 3 is 0.861 bits per heavy atom. The van der Waals surface area contributed by atoms with Crippen LogP contribution in [0.2, 0.25) is 0 Å². The van der Waals surface area contributed by atoms with Crippen LogP contribution in [-0.4, -0.2) is 0 Å². The van der Waals surface area contributed by atoms with E-state index in [0.29, 0.717) is 36.3 Å². The van der Waals surface area contributed by atoms with Crippen LogP contribution in [0.4, 0.5) is 0 Å². The molecule has 0 N–H and O–H groups in total. The van der Waals surface area contributed by atoms with E-state index in [1.165, 1.54) is 0 Å². The van der Waals surface area contributed by atoms with Crippen LogP contribution in [0, 0.1) is 0 Å². The van der Waals surface area contributed by atoms with Crippen molar-refractivity contribution in [3.8, 4) is 33.4 Å². The van der Waals surface area contributed by atoms with Crippen LogP contribution in [-0.2, 0) is 0 Å². The Kier molecular flexibility index (Phi) is 7.12. The van der Waals surface area contributed by atoms with Crippen molar-refractivity contribution in [2.24, 2.45) is 0 Å². The minimum Gasteiger partial charge on any atom is -0.0616 e. The van der Waals surface area contributed by atoms with Gasteiger partial charge in [-0.2, -0.15) is 0 Å². The van der Waals surface area contributed by atoms with E-state index in [2.05, 4.69) is 133 Å². The quantitative estimate of drug-likeness (QED) is 0.122. The molecule has 0 heteroatoms. The smallest absolute Gasteiger partial charge is 0.0616 e. The summed E-state index contributed by atoms with van der Waals surface area (Å²) in [7, 11) is 0. The van der Waals surface area contributed by atoms with Crippen LogP contribution in [0.5, 0.6) is 0 Å². The zero-order chi connectivity index (χ0) is 52.2. The molecule has 0 fully saturated rings. The van der Waals surface area contributed by atoms with Gasteiger partial charge in [-0.15, -0.1) is 0 Å². The summed E-state index contributed by atoms with van der Waals surface area (Å²) in [4.78, 5) is 0.